The molecule has 1 saturated heterocycles. The summed E-state index contributed by atoms with van der Waals surface area (Å²) in [5, 5.41) is 0. The zero-order chi connectivity index (χ0) is 14.0. The third kappa shape index (κ3) is 2.75. The van der Waals surface area contributed by atoms with E-state index in [2.05, 4.69) is 0 Å². The van der Waals surface area contributed by atoms with Crippen LogP contribution in [0.3, 0.4) is 0 Å². The predicted molar refractivity (Wildman–Crippen MR) is 74.5 cm³/mol. The van der Waals surface area contributed by atoms with Gasteiger partial charge in [0.1, 0.15) is 4.90 Å². The van der Waals surface area contributed by atoms with E-state index in [0.29, 0.717) is 44.0 Å². The molecule has 0 aliphatic carbocycles. The van der Waals surface area contributed by atoms with E-state index in [9.17, 15) is 8.42 Å². The van der Waals surface area contributed by atoms with Gasteiger partial charge < -0.3 is 10.5 Å². The third-order valence-corrected chi connectivity index (χ3v) is 5.49. The van der Waals surface area contributed by atoms with E-state index in [-0.39, 0.29) is 4.90 Å². The Labute approximate surface area is 114 Å². The number of nitrogen functional groups attached to an aromatic ring is 1. The molecule has 0 saturated carbocycles. The molecule has 0 radical (unpaired) electrons. The van der Waals surface area contributed by atoms with Gasteiger partial charge in [0.15, 0.2) is 0 Å². The Morgan fingerprint density at radius 3 is 2.58 bits per heavy atom. The van der Waals surface area contributed by atoms with Crippen LogP contribution in [0, 0.1) is 13.8 Å². The SMILES string of the molecule is Cc1ccc(C)c(S(=O)(=O)N2CCCOCC2)c1N. The highest BCUT2D eigenvalue weighted by atomic mass is 32.2. The molecule has 2 N–H and O–H groups in total. The van der Waals surface area contributed by atoms with Gasteiger partial charge >= 0.3 is 0 Å². The van der Waals surface area contributed by atoms with Gasteiger partial charge in [0.25, 0.3) is 0 Å². The second-order valence-electron chi connectivity index (χ2n) is 4.81. The molecule has 0 unspecified atom stereocenters. The van der Waals surface area contributed by atoms with Crippen molar-refractivity contribution in [2.24, 2.45) is 0 Å². The van der Waals surface area contributed by atoms with Crippen LogP contribution >= 0.6 is 0 Å². The van der Waals surface area contributed by atoms with E-state index in [1.165, 1.54) is 4.31 Å². The maximum atomic E-state index is 12.7. The molecule has 1 fully saturated rings. The minimum absolute atomic E-state index is 0.245. The molecular weight excluding hydrogens is 264 g/mol. The summed E-state index contributed by atoms with van der Waals surface area (Å²) in [5.41, 5.74) is 7.81. The van der Waals surface area contributed by atoms with Crippen molar-refractivity contribution in [3.05, 3.63) is 23.3 Å². The second-order valence-corrected chi connectivity index (χ2v) is 6.69. The number of ether oxygens (including phenoxy) is 1. The molecule has 19 heavy (non-hydrogen) atoms. The van der Waals surface area contributed by atoms with Gasteiger partial charge in [0.05, 0.1) is 12.3 Å². The van der Waals surface area contributed by atoms with E-state index in [0.717, 1.165) is 5.56 Å². The first-order valence-electron chi connectivity index (χ1n) is 6.38. The number of sulfonamides is 1. The molecule has 1 heterocycles. The average Bonchev–Trinajstić information content (AvgIpc) is 2.63. The van der Waals surface area contributed by atoms with Gasteiger partial charge in [-0.3, -0.25) is 0 Å². The summed E-state index contributed by atoms with van der Waals surface area (Å²) in [6, 6.07) is 3.64. The maximum Gasteiger partial charge on any atom is 0.245 e. The van der Waals surface area contributed by atoms with Crippen molar-refractivity contribution in [2.75, 3.05) is 32.0 Å². The number of aryl methyl sites for hydroxylation is 2. The molecule has 0 spiro atoms. The van der Waals surface area contributed by atoms with Crippen LogP contribution in [0.15, 0.2) is 17.0 Å². The summed E-state index contributed by atoms with van der Waals surface area (Å²) in [6.07, 6.45) is 0.712. The number of anilines is 1. The number of nitrogens with zero attached hydrogens (tertiary/aromatic N) is 1. The molecule has 1 aromatic rings. The van der Waals surface area contributed by atoms with E-state index in [1.807, 2.05) is 13.0 Å². The fraction of sp³-hybridized carbons (Fsp3) is 0.538. The number of benzene rings is 1. The van der Waals surface area contributed by atoms with Crippen molar-refractivity contribution in [1.82, 2.24) is 4.31 Å². The van der Waals surface area contributed by atoms with Crippen molar-refractivity contribution in [2.45, 2.75) is 25.2 Å². The lowest BCUT2D eigenvalue weighted by molar-refractivity contribution is 0.148. The van der Waals surface area contributed by atoms with Crippen LogP contribution < -0.4 is 5.73 Å². The van der Waals surface area contributed by atoms with Gasteiger partial charge in [-0.25, -0.2) is 8.42 Å². The largest absolute Gasteiger partial charge is 0.397 e. The van der Waals surface area contributed by atoms with Crippen LogP contribution in [0.5, 0.6) is 0 Å². The molecule has 0 aromatic heterocycles. The molecule has 5 nitrogen and oxygen atoms in total. The van der Waals surface area contributed by atoms with E-state index < -0.39 is 10.0 Å². The highest BCUT2D eigenvalue weighted by Crippen LogP contribution is 2.29. The zero-order valence-electron chi connectivity index (χ0n) is 11.3. The molecule has 106 valence electrons. The van der Waals surface area contributed by atoms with E-state index in [4.69, 9.17) is 10.5 Å². The first kappa shape index (κ1) is 14.3. The summed E-state index contributed by atoms with van der Waals surface area (Å²) in [7, 11) is -3.54. The Hall–Kier alpha value is -1.11. The Morgan fingerprint density at radius 1 is 1.16 bits per heavy atom. The summed E-state index contributed by atoms with van der Waals surface area (Å²) in [6.45, 7) is 5.50. The van der Waals surface area contributed by atoms with Gasteiger partial charge in [-0.1, -0.05) is 12.1 Å². The summed E-state index contributed by atoms with van der Waals surface area (Å²) in [4.78, 5) is 0.245. The number of nitrogens with two attached hydrogens (primary N) is 1. The third-order valence-electron chi connectivity index (χ3n) is 3.39. The maximum absolute atomic E-state index is 12.7. The first-order chi connectivity index (χ1) is 8.94. The zero-order valence-corrected chi connectivity index (χ0v) is 12.2. The topological polar surface area (TPSA) is 72.6 Å². The van der Waals surface area contributed by atoms with Crippen molar-refractivity contribution >= 4 is 15.7 Å². The molecule has 1 aliphatic rings. The Bertz CT molecular complexity index is 561. The van der Waals surface area contributed by atoms with Crippen molar-refractivity contribution in [3.63, 3.8) is 0 Å². The van der Waals surface area contributed by atoms with Gasteiger partial charge in [0, 0.05) is 19.7 Å². The molecule has 6 heteroatoms. The molecule has 0 bridgehead atoms. The molecule has 0 amide bonds. The second kappa shape index (κ2) is 5.48. The quantitative estimate of drug-likeness (QED) is 0.831. The standard InChI is InChI=1S/C13H20N2O3S/c1-10-4-5-11(2)13(12(10)14)19(16,17)15-6-3-8-18-9-7-15/h4-5H,3,6-9,14H2,1-2H3. The monoisotopic (exact) mass is 284 g/mol. The van der Waals surface area contributed by atoms with Crippen molar-refractivity contribution in [3.8, 4) is 0 Å². The number of rotatable bonds is 2. The average molecular weight is 284 g/mol. The Morgan fingerprint density at radius 2 is 1.84 bits per heavy atom. The number of hydrogen-bond donors (Lipinski definition) is 1. The van der Waals surface area contributed by atoms with Crippen LogP contribution in [0.2, 0.25) is 0 Å². The molecule has 2 rings (SSSR count). The fourth-order valence-electron chi connectivity index (χ4n) is 2.24. The summed E-state index contributed by atoms with van der Waals surface area (Å²) < 4.78 is 32.2. The first-order valence-corrected chi connectivity index (χ1v) is 7.82. The van der Waals surface area contributed by atoms with E-state index >= 15 is 0 Å². The van der Waals surface area contributed by atoms with Gasteiger partial charge in [0.2, 0.25) is 10.0 Å². The lowest BCUT2D eigenvalue weighted by atomic mass is 10.1. The van der Waals surface area contributed by atoms with Gasteiger partial charge in [-0.2, -0.15) is 4.31 Å². The van der Waals surface area contributed by atoms with Crippen LogP contribution in [-0.4, -0.2) is 39.0 Å². The normalized spacial score (nSPS) is 18.2. The van der Waals surface area contributed by atoms with Gasteiger partial charge in [-0.15, -0.1) is 0 Å². The van der Waals surface area contributed by atoms with Crippen LogP contribution in [0.1, 0.15) is 17.5 Å². The molecule has 1 aromatic carbocycles. The minimum Gasteiger partial charge on any atom is -0.397 e. The van der Waals surface area contributed by atoms with Gasteiger partial charge in [-0.05, 0) is 31.4 Å². The highest BCUT2D eigenvalue weighted by Gasteiger charge is 2.29. The molecular formula is C13H20N2O3S. The predicted octanol–water partition coefficient (Wildman–Crippen LogP) is 1.30. The van der Waals surface area contributed by atoms with Crippen molar-refractivity contribution in [1.29, 1.82) is 0 Å². The van der Waals surface area contributed by atoms with Crippen LogP contribution in [0.4, 0.5) is 5.69 Å². The van der Waals surface area contributed by atoms with Crippen LogP contribution in [0.25, 0.3) is 0 Å². The minimum atomic E-state index is -3.54. The highest BCUT2D eigenvalue weighted by molar-refractivity contribution is 7.89. The molecule has 0 atom stereocenters. The summed E-state index contributed by atoms with van der Waals surface area (Å²) in [5.74, 6) is 0. The lowest BCUT2D eigenvalue weighted by Gasteiger charge is -2.22. The Balaban J connectivity index is 2.47. The van der Waals surface area contributed by atoms with Crippen LogP contribution in [-0.2, 0) is 14.8 Å². The lowest BCUT2D eigenvalue weighted by Crippen LogP contribution is -2.34. The Kier molecular flexibility index (Phi) is 4.13. The fourth-order valence-corrected chi connectivity index (χ4v) is 4.10. The molecule has 1 aliphatic heterocycles. The summed E-state index contributed by atoms with van der Waals surface area (Å²) >= 11 is 0. The van der Waals surface area contributed by atoms with E-state index in [1.54, 1.807) is 13.0 Å². The number of hydrogen-bond acceptors (Lipinski definition) is 4. The van der Waals surface area contributed by atoms with Crippen molar-refractivity contribution < 1.29 is 13.2 Å². The smallest absolute Gasteiger partial charge is 0.245 e.